The third kappa shape index (κ3) is 5.24. The second-order valence-electron chi connectivity index (χ2n) is 7.54. The van der Waals surface area contributed by atoms with Crippen LogP contribution in [-0.4, -0.2) is 65.4 Å². The van der Waals surface area contributed by atoms with E-state index in [9.17, 15) is 9.59 Å². The number of carbonyl (C=O) groups is 2. The summed E-state index contributed by atoms with van der Waals surface area (Å²) in [6.45, 7) is 0.931. The van der Waals surface area contributed by atoms with Gasteiger partial charge in [0.1, 0.15) is 11.5 Å². The van der Waals surface area contributed by atoms with Crippen LogP contribution in [0.15, 0.2) is 30.3 Å². The first-order valence-corrected chi connectivity index (χ1v) is 10.6. The monoisotopic (exact) mass is 458 g/mol. The van der Waals surface area contributed by atoms with Gasteiger partial charge in [-0.2, -0.15) is 0 Å². The molecule has 0 saturated carbocycles. The topological polar surface area (TPSA) is 95.6 Å². The molecule has 0 atom stereocenters. The fourth-order valence-electron chi connectivity index (χ4n) is 3.87. The Morgan fingerprint density at radius 1 is 0.818 bits per heavy atom. The average molecular weight is 459 g/mol. The number of anilines is 1. The summed E-state index contributed by atoms with van der Waals surface area (Å²) in [5, 5.41) is 2.93. The van der Waals surface area contributed by atoms with Crippen molar-refractivity contribution >= 4 is 17.5 Å². The number of hydrogen-bond donors (Lipinski definition) is 1. The Morgan fingerprint density at radius 3 is 1.94 bits per heavy atom. The molecule has 0 radical (unpaired) electrons. The molecule has 1 aliphatic heterocycles. The average Bonchev–Trinajstić information content (AvgIpc) is 2.87. The molecule has 178 valence electrons. The van der Waals surface area contributed by atoms with Crippen LogP contribution in [0.1, 0.15) is 23.2 Å². The van der Waals surface area contributed by atoms with E-state index >= 15 is 0 Å². The summed E-state index contributed by atoms with van der Waals surface area (Å²) in [4.78, 5) is 27.7. The van der Waals surface area contributed by atoms with E-state index in [0.717, 1.165) is 0 Å². The van der Waals surface area contributed by atoms with Crippen LogP contribution in [-0.2, 0) is 4.79 Å². The number of ether oxygens (including phenoxy) is 5. The maximum absolute atomic E-state index is 13.1. The third-order valence-electron chi connectivity index (χ3n) is 5.73. The molecule has 1 aliphatic rings. The van der Waals surface area contributed by atoms with Gasteiger partial charge in [0.05, 0.1) is 41.2 Å². The quantitative estimate of drug-likeness (QED) is 0.649. The van der Waals surface area contributed by atoms with Crippen LogP contribution in [0.5, 0.6) is 28.7 Å². The zero-order valence-corrected chi connectivity index (χ0v) is 19.6. The lowest BCUT2D eigenvalue weighted by Gasteiger charge is -2.31. The summed E-state index contributed by atoms with van der Waals surface area (Å²) in [5.74, 6) is 1.98. The maximum Gasteiger partial charge on any atom is 0.254 e. The molecule has 2 aromatic rings. The van der Waals surface area contributed by atoms with E-state index < -0.39 is 0 Å². The number of benzene rings is 2. The number of hydrogen-bond acceptors (Lipinski definition) is 7. The molecule has 1 fully saturated rings. The molecule has 1 N–H and O–H groups in total. The molecule has 0 unspecified atom stereocenters. The maximum atomic E-state index is 13.1. The van der Waals surface area contributed by atoms with Crippen LogP contribution in [0.25, 0.3) is 0 Å². The molecular weight excluding hydrogens is 428 g/mol. The summed E-state index contributed by atoms with van der Waals surface area (Å²) >= 11 is 0. The van der Waals surface area contributed by atoms with E-state index in [0.29, 0.717) is 65.9 Å². The van der Waals surface area contributed by atoms with Gasteiger partial charge in [0.2, 0.25) is 11.7 Å². The van der Waals surface area contributed by atoms with Crippen molar-refractivity contribution in [3.63, 3.8) is 0 Å². The zero-order chi connectivity index (χ0) is 24.0. The number of amides is 2. The summed E-state index contributed by atoms with van der Waals surface area (Å²) in [5.41, 5.74) is 1.02. The van der Waals surface area contributed by atoms with Crippen molar-refractivity contribution < 1.29 is 33.3 Å². The standard InChI is InChI=1S/C24H30N2O7/c1-29-17-6-7-18(19(14-17)30-2)25-23(27)15-8-10-26(11-9-15)24(28)16-12-20(31-3)22(33-5)21(13-16)32-4/h6-7,12-15H,8-11H2,1-5H3,(H,25,27). The Kier molecular flexibility index (Phi) is 7.87. The molecule has 3 rings (SSSR count). The number of methoxy groups -OCH3 is 5. The summed E-state index contributed by atoms with van der Waals surface area (Å²) in [7, 11) is 7.64. The van der Waals surface area contributed by atoms with Gasteiger partial charge in [0.25, 0.3) is 5.91 Å². The summed E-state index contributed by atoms with van der Waals surface area (Å²) in [6.07, 6.45) is 1.11. The van der Waals surface area contributed by atoms with Gasteiger partial charge in [0, 0.05) is 30.6 Å². The van der Waals surface area contributed by atoms with E-state index in [1.807, 2.05) is 0 Å². The van der Waals surface area contributed by atoms with Crippen molar-refractivity contribution in [3.05, 3.63) is 35.9 Å². The predicted molar refractivity (Wildman–Crippen MR) is 123 cm³/mol. The molecule has 33 heavy (non-hydrogen) atoms. The van der Waals surface area contributed by atoms with E-state index in [1.165, 1.54) is 28.4 Å². The Morgan fingerprint density at radius 2 is 1.42 bits per heavy atom. The van der Waals surface area contributed by atoms with Gasteiger partial charge >= 0.3 is 0 Å². The van der Waals surface area contributed by atoms with Crippen LogP contribution in [0, 0.1) is 5.92 Å². The number of carbonyl (C=O) groups excluding carboxylic acids is 2. The minimum Gasteiger partial charge on any atom is -0.497 e. The van der Waals surface area contributed by atoms with Gasteiger partial charge in [0.15, 0.2) is 11.5 Å². The molecule has 0 aromatic heterocycles. The second kappa shape index (κ2) is 10.8. The first-order valence-electron chi connectivity index (χ1n) is 10.6. The molecule has 9 heteroatoms. The van der Waals surface area contributed by atoms with Gasteiger partial charge < -0.3 is 33.9 Å². The van der Waals surface area contributed by atoms with Crippen LogP contribution in [0.4, 0.5) is 5.69 Å². The molecule has 1 saturated heterocycles. The molecule has 0 spiro atoms. The highest BCUT2D eigenvalue weighted by Crippen LogP contribution is 2.38. The minimum absolute atomic E-state index is 0.0987. The minimum atomic E-state index is -0.208. The Balaban J connectivity index is 1.65. The van der Waals surface area contributed by atoms with Crippen molar-refractivity contribution in [2.75, 3.05) is 54.0 Å². The van der Waals surface area contributed by atoms with Gasteiger partial charge in [-0.15, -0.1) is 0 Å². The van der Waals surface area contributed by atoms with Crippen LogP contribution < -0.4 is 29.0 Å². The Bertz CT molecular complexity index is 975. The van der Waals surface area contributed by atoms with Crippen molar-refractivity contribution in [1.82, 2.24) is 4.90 Å². The molecule has 2 aromatic carbocycles. The molecule has 1 heterocycles. The predicted octanol–water partition coefficient (Wildman–Crippen LogP) is 3.22. The molecule has 2 amide bonds. The van der Waals surface area contributed by atoms with E-state index in [1.54, 1.807) is 42.3 Å². The van der Waals surface area contributed by atoms with Crippen LogP contribution in [0.3, 0.4) is 0 Å². The highest BCUT2D eigenvalue weighted by Gasteiger charge is 2.29. The SMILES string of the molecule is COc1ccc(NC(=O)C2CCN(C(=O)c3cc(OC)c(OC)c(OC)c3)CC2)c(OC)c1. The van der Waals surface area contributed by atoms with Gasteiger partial charge in [-0.1, -0.05) is 0 Å². The summed E-state index contributed by atoms with van der Waals surface area (Å²) < 4.78 is 26.6. The van der Waals surface area contributed by atoms with Crippen molar-refractivity contribution in [2.24, 2.45) is 5.92 Å². The third-order valence-corrected chi connectivity index (χ3v) is 5.73. The van der Waals surface area contributed by atoms with E-state index in [2.05, 4.69) is 5.32 Å². The number of rotatable bonds is 8. The normalized spacial score (nSPS) is 13.8. The fourth-order valence-corrected chi connectivity index (χ4v) is 3.87. The zero-order valence-electron chi connectivity index (χ0n) is 19.6. The van der Waals surface area contributed by atoms with E-state index in [4.69, 9.17) is 23.7 Å². The number of nitrogens with zero attached hydrogens (tertiary/aromatic N) is 1. The van der Waals surface area contributed by atoms with Crippen molar-refractivity contribution in [2.45, 2.75) is 12.8 Å². The van der Waals surface area contributed by atoms with Gasteiger partial charge in [-0.05, 0) is 37.1 Å². The Labute approximate surface area is 193 Å². The number of likely N-dealkylation sites (tertiary alicyclic amines) is 1. The number of nitrogens with one attached hydrogen (secondary N) is 1. The molecule has 0 aliphatic carbocycles. The highest BCUT2D eigenvalue weighted by atomic mass is 16.5. The lowest BCUT2D eigenvalue weighted by molar-refractivity contribution is -0.121. The number of piperidine rings is 1. The van der Waals surface area contributed by atoms with E-state index in [-0.39, 0.29) is 17.7 Å². The largest absolute Gasteiger partial charge is 0.497 e. The molecular formula is C24H30N2O7. The smallest absolute Gasteiger partial charge is 0.254 e. The first-order chi connectivity index (χ1) is 15.9. The van der Waals surface area contributed by atoms with Crippen LogP contribution in [0.2, 0.25) is 0 Å². The Hall–Kier alpha value is -3.62. The van der Waals surface area contributed by atoms with Crippen molar-refractivity contribution in [3.8, 4) is 28.7 Å². The molecule has 9 nitrogen and oxygen atoms in total. The van der Waals surface area contributed by atoms with Gasteiger partial charge in [-0.3, -0.25) is 9.59 Å². The highest BCUT2D eigenvalue weighted by molar-refractivity contribution is 5.97. The molecule has 0 bridgehead atoms. The van der Waals surface area contributed by atoms with Gasteiger partial charge in [-0.25, -0.2) is 0 Å². The van der Waals surface area contributed by atoms with Crippen LogP contribution >= 0.6 is 0 Å². The van der Waals surface area contributed by atoms with Crippen molar-refractivity contribution in [1.29, 1.82) is 0 Å². The summed E-state index contributed by atoms with van der Waals surface area (Å²) in [6, 6.07) is 8.50. The lowest BCUT2D eigenvalue weighted by Crippen LogP contribution is -2.41. The lowest BCUT2D eigenvalue weighted by atomic mass is 9.95. The first kappa shape index (κ1) is 24.0. The fraction of sp³-hybridized carbons (Fsp3) is 0.417. The second-order valence-corrected chi connectivity index (χ2v) is 7.54.